The lowest BCUT2D eigenvalue weighted by Gasteiger charge is -2.23. The summed E-state index contributed by atoms with van der Waals surface area (Å²) in [5.74, 6) is 0.726. The lowest BCUT2D eigenvalue weighted by atomic mass is 10.2. The van der Waals surface area contributed by atoms with E-state index in [0.29, 0.717) is 11.6 Å². The SMILES string of the molecule is CN(c1ncc2oncc2n1)C1CCNC1. The first kappa shape index (κ1) is 9.53. The molecule has 3 heterocycles. The van der Waals surface area contributed by atoms with Crippen LogP contribution in [0.25, 0.3) is 11.1 Å². The molecule has 0 amide bonds. The Bertz CT molecular complexity index is 491. The number of hydrogen-bond acceptors (Lipinski definition) is 6. The first-order valence-corrected chi connectivity index (χ1v) is 5.35. The Kier molecular flexibility index (Phi) is 2.21. The molecular weight excluding hydrogens is 206 g/mol. The Morgan fingerprint density at radius 3 is 3.25 bits per heavy atom. The molecule has 1 fully saturated rings. The third-order valence-corrected chi connectivity index (χ3v) is 2.99. The maximum atomic E-state index is 4.97. The lowest BCUT2D eigenvalue weighted by Crippen LogP contribution is -2.34. The number of nitrogens with zero attached hydrogens (tertiary/aromatic N) is 4. The zero-order chi connectivity index (χ0) is 11.0. The summed E-state index contributed by atoms with van der Waals surface area (Å²) in [7, 11) is 2.02. The van der Waals surface area contributed by atoms with E-state index < -0.39 is 0 Å². The molecule has 3 rings (SSSR count). The highest BCUT2D eigenvalue weighted by Gasteiger charge is 2.21. The van der Waals surface area contributed by atoms with E-state index in [1.165, 1.54) is 0 Å². The molecule has 0 bridgehead atoms. The van der Waals surface area contributed by atoms with Crippen LogP contribution in [0.4, 0.5) is 5.95 Å². The molecule has 1 N–H and O–H groups in total. The first-order valence-electron chi connectivity index (χ1n) is 5.35. The van der Waals surface area contributed by atoms with E-state index in [9.17, 15) is 0 Å². The van der Waals surface area contributed by atoms with E-state index in [0.717, 1.165) is 31.0 Å². The van der Waals surface area contributed by atoms with Crippen molar-refractivity contribution in [2.24, 2.45) is 0 Å². The third-order valence-electron chi connectivity index (χ3n) is 2.99. The maximum absolute atomic E-state index is 4.97. The highest BCUT2D eigenvalue weighted by molar-refractivity contribution is 5.71. The van der Waals surface area contributed by atoms with Gasteiger partial charge in [-0.3, -0.25) is 0 Å². The molecule has 6 heteroatoms. The summed E-state index contributed by atoms with van der Waals surface area (Å²) in [6.07, 6.45) is 4.41. The minimum absolute atomic E-state index is 0.470. The predicted molar refractivity (Wildman–Crippen MR) is 59.3 cm³/mol. The highest BCUT2D eigenvalue weighted by Crippen LogP contribution is 2.17. The predicted octanol–water partition coefficient (Wildman–Crippen LogP) is 0.416. The summed E-state index contributed by atoms with van der Waals surface area (Å²) in [6, 6.07) is 0.470. The van der Waals surface area contributed by atoms with Crippen LogP contribution >= 0.6 is 0 Å². The van der Waals surface area contributed by atoms with Gasteiger partial charge in [-0.2, -0.15) is 0 Å². The van der Waals surface area contributed by atoms with Crippen LogP contribution in [-0.4, -0.2) is 41.3 Å². The fourth-order valence-corrected chi connectivity index (χ4v) is 1.97. The minimum atomic E-state index is 0.470. The van der Waals surface area contributed by atoms with Crippen molar-refractivity contribution in [3.05, 3.63) is 12.4 Å². The summed E-state index contributed by atoms with van der Waals surface area (Å²) >= 11 is 0. The van der Waals surface area contributed by atoms with Crippen molar-refractivity contribution in [3.63, 3.8) is 0 Å². The number of anilines is 1. The van der Waals surface area contributed by atoms with Crippen molar-refractivity contribution in [1.29, 1.82) is 0 Å². The van der Waals surface area contributed by atoms with E-state index in [2.05, 4.69) is 25.3 Å². The van der Waals surface area contributed by atoms with Crippen molar-refractivity contribution < 1.29 is 4.52 Å². The van der Waals surface area contributed by atoms with Crippen LogP contribution in [-0.2, 0) is 0 Å². The van der Waals surface area contributed by atoms with E-state index in [1.807, 2.05) is 7.05 Å². The average molecular weight is 219 g/mol. The number of rotatable bonds is 2. The Balaban J connectivity index is 1.91. The van der Waals surface area contributed by atoms with E-state index in [-0.39, 0.29) is 0 Å². The molecule has 1 aliphatic rings. The van der Waals surface area contributed by atoms with Gasteiger partial charge < -0.3 is 14.7 Å². The van der Waals surface area contributed by atoms with Crippen molar-refractivity contribution in [3.8, 4) is 0 Å². The number of aromatic nitrogens is 3. The topological polar surface area (TPSA) is 67.1 Å². The molecule has 1 unspecified atom stereocenters. The van der Waals surface area contributed by atoms with Crippen molar-refractivity contribution >= 4 is 17.0 Å². The molecule has 0 aromatic carbocycles. The van der Waals surface area contributed by atoms with E-state index >= 15 is 0 Å². The van der Waals surface area contributed by atoms with Gasteiger partial charge in [-0.1, -0.05) is 5.16 Å². The van der Waals surface area contributed by atoms with E-state index in [4.69, 9.17) is 4.52 Å². The minimum Gasteiger partial charge on any atom is -0.353 e. The van der Waals surface area contributed by atoms with Gasteiger partial charge in [0.1, 0.15) is 5.52 Å². The van der Waals surface area contributed by atoms with Crippen LogP contribution in [0.5, 0.6) is 0 Å². The van der Waals surface area contributed by atoms with Gasteiger partial charge in [0.15, 0.2) is 0 Å². The Morgan fingerprint density at radius 2 is 2.44 bits per heavy atom. The summed E-state index contributed by atoms with van der Waals surface area (Å²) in [4.78, 5) is 10.8. The Labute approximate surface area is 92.6 Å². The van der Waals surface area contributed by atoms with Crippen LogP contribution in [0.3, 0.4) is 0 Å². The molecule has 1 atom stereocenters. The van der Waals surface area contributed by atoms with Gasteiger partial charge in [0.05, 0.1) is 12.4 Å². The van der Waals surface area contributed by atoms with Gasteiger partial charge in [0.25, 0.3) is 0 Å². The van der Waals surface area contributed by atoms with Crippen LogP contribution in [0.15, 0.2) is 16.9 Å². The molecule has 16 heavy (non-hydrogen) atoms. The third kappa shape index (κ3) is 1.51. The van der Waals surface area contributed by atoms with Gasteiger partial charge >= 0.3 is 0 Å². The maximum Gasteiger partial charge on any atom is 0.226 e. The molecular formula is C10H13N5O. The first-order chi connectivity index (χ1) is 7.84. The van der Waals surface area contributed by atoms with Gasteiger partial charge in [0.2, 0.25) is 11.5 Å². The second-order valence-electron chi connectivity index (χ2n) is 4.00. The van der Waals surface area contributed by atoms with Crippen molar-refractivity contribution in [1.82, 2.24) is 20.4 Å². The lowest BCUT2D eigenvalue weighted by molar-refractivity contribution is 0.455. The molecule has 2 aromatic rings. The van der Waals surface area contributed by atoms with Crippen LogP contribution in [0.1, 0.15) is 6.42 Å². The standard InChI is InChI=1S/C10H13N5O/c1-15(7-2-3-11-4-7)10-12-6-9-8(14-10)5-13-16-9/h5-7,11H,2-4H2,1H3. The molecule has 1 saturated heterocycles. The molecule has 0 radical (unpaired) electrons. The second kappa shape index (κ2) is 3.71. The number of hydrogen-bond donors (Lipinski definition) is 1. The number of nitrogens with one attached hydrogen (secondary N) is 1. The molecule has 2 aromatic heterocycles. The average Bonchev–Trinajstić information content (AvgIpc) is 2.98. The number of fused-ring (bicyclic) bond motifs is 1. The highest BCUT2D eigenvalue weighted by atomic mass is 16.5. The van der Waals surface area contributed by atoms with Gasteiger partial charge in [-0.05, 0) is 13.0 Å². The summed E-state index contributed by atoms with van der Waals surface area (Å²) < 4.78 is 4.97. The van der Waals surface area contributed by atoms with Gasteiger partial charge in [-0.15, -0.1) is 0 Å². The largest absolute Gasteiger partial charge is 0.353 e. The summed E-state index contributed by atoms with van der Waals surface area (Å²) in [5.41, 5.74) is 1.38. The van der Waals surface area contributed by atoms with Crippen molar-refractivity contribution in [2.75, 3.05) is 25.0 Å². The molecule has 6 nitrogen and oxygen atoms in total. The Morgan fingerprint density at radius 1 is 1.50 bits per heavy atom. The van der Waals surface area contributed by atoms with Crippen molar-refractivity contribution in [2.45, 2.75) is 12.5 Å². The van der Waals surface area contributed by atoms with Crippen LogP contribution in [0.2, 0.25) is 0 Å². The number of likely N-dealkylation sites (N-methyl/N-ethyl adjacent to an activating group) is 1. The monoisotopic (exact) mass is 219 g/mol. The normalized spacial score (nSPS) is 20.4. The fourth-order valence-electron chi connectivity index (χ4n) is 1.97. The molecule has 84 valence electrons. The van der Waals surface area contributed by atoms with Crippen LogP contribution in [0, 0.1) is 0 Å². The fraction of sp³-hybridized carbons (Fsp3) is 0.500. The molecule has 0 aliphatic carbocycles. The molecule has 0 spiro atoms. The molecule has 1 aliphatic heterocycles. The second-order valence-corrected chi connectivity index (χ2v) is 4.00. The van der Waals surface area contributed by atoms with E-state index in [1.54, 1.807) is 12.4 Å². The summed E-state index contributed by atoms with van der Waals surface area (Å²) in [6.45, 7) is 2.05. The quantitative estimate of drug-likeness (QED) is 0.789. The zero-order valence-corrected chi connectivity index (χ0v) is 9.05. The summed E-state index contributed by atoms with van der Waals surface area (Å²) in [5, 5.41) is 7.02. The zero-order valence-electron chi connectivity index (χ0n) is 9.05. The molecule has 0 saturated carbocycles. The van der Waals surface area contributed by atoms with Gasteiger partial charge in [0, 0.05) is 19.6 Å². The smallest absolute Gasteiger partial charge is 0.226 e. The van der Waals surface area contributed by atoms with Crippen LogP contribution < -0.4 is 10.2 Å². The Hall–Kier alpha value is -1.69. The van der Waals surface area contributed by atoms with Gasteiger partial charge in [-0.25, -0.2) is 9.97 Å².